The van der Waals surface area contributed by atoms with Crippen molar-refractivity contribution in [2.75, 3.05) is 6.61 Å². The Morgan fingerprint density at radius 2 is 1.62 bits per heavy atom. The van der Waals surface area contributed by atoms with E-state index in [0.717, 1.165) is 6.92 Å². The first-order valence-electron chi connectivity index (χ1n) is 6.28. The molecule has 3 heterocycles. The van der Waals surface area contributed by atoms with Crippen molar-refractivity contribution in [3.05, 3.63) is 35.4 Å². The minimum atomic E-state index is -2.49. The first-order valence-corrected chi connectivity index (χ1v) is 6.28. The lowest BCUT2D eigenvalue weighted by Crippen LogP contribution is -2.44. The Balaban J connectivity index is 1.99. The van der Waals surface area contributed by atoms with Crippen molar-refractivity contribution in [1.82, 2.24) is 0 Å². The zero-order valence-corrected chi connectivity index (χ0v) is 11.0. The number of hydrogen-bond donors (Lipinski definition) is 0. The van der Waals surface area contributed by atoms with Gasteiger partial charge in [-0.2, -0.15) is 0 Å². The Labute approximate surface area is 118 Å². The zero-order chi connectivity index (χ0) is 15.2. The molecule has 1 aromatic carbocycles. The standard InChI is InChI=1S/C14H11FO6/c1-14(15)10-9(20-13(14)18)6-19-11(16)7-2-4-8(5-3-7)12(17)21-10/h2-5,9-10H,6H2,1H3/t9-,10-,14-/m1/s1. The third kappa shape index (κ3) is 2.14. The fourth-order valence-electron chi connectivity index (χ4n) is 2.25. The quantitative estimate of drug-likeness (QED) is 0.525. The molecule has 0 aliphatic carbocycles. The van der Waals surface area contributed by atoms with Gasteiger partial charge in [-0.05, 0) is 31.2 Å². The molecule has 1 saturated heterocycles. The highest BCUT2D eigenvalue weighted by atomic mass is 19.1. The van der Waals surface area contributed by atoms with Gasteiger partial charge in [0.2, 0.25) is 5.67 Å². The van der Waals surface area contributed by atoms with Gasteiger partial charge in [0.05, 0.1) is 11.1 Å². The van der Waals surface area contributed by atoms with Gasteiger partial charge in [-0.15, -0.1) is 0 Å². The van der Waals surface area contributed by atoms with Crippen molar-refractivity contribution in [1.29, 1.82) is 0 Å². The number of fused-ring (bicyclic) bond motifs is 5. The van der Waals surface area contributed by atoms with Gasteiger partial charge in [0, 0.05) is 0 Å². The van der Waals surface area contributed by atoms with E-state index in [9.17, 15) is 18.8 Å². The van der Waals surface area contributed by atoms with E-state index in [1.807, 2.05) is 0 Å². The lowest BCUT2D eigenvalue weighted by molar-refractivity contribution is -0.150. The van der Waals surface area contributed by atoms with E-state index in [2.05, 4.69) is 0 Å². The first-order chi connectivity index (χ1) is 9.89. The van der Waals surface area contributed by atoms with Gasteiger partial charge in [-0.1, -0.05) is 0 Å². The fraction of sp³-hybridized carbons (Fsp3) is 0.357. The summed E-state index contributed by atoms with van der Waals surface area (Å²) in [5, 5.41) is 0. The minimum Gasteiger partial charge on any atom is -0.458 e. The lowest BCUT2D eigenvalue weighted by Gasteiger charge is -2.22. The molecular weight excluding hydrogens is 283 g/mol. The van der Waals surface area contributed by atoms with Gasteiger partial charge in [-0.25, -0.2) is 18.8 Å². The predicted octanol–water partition coefficient (Wildman–Crippen LogP) is 1.04. The Morgan fingerprint density at radius 1 is 1.05 bits per heavy atom. The van der Waals surface area contributed by atoms with Crippen LogP contribution in [0.5, 0.6) is 0 Å². The Kier molecular flexibility index (Phi) is 2.93. The van der Waals surface area contributed by atoms with Gasteiger partial charge in [0.1, 0.15) is 6.61 Å². The number of carbonyl (C=O) groups excluding carboxylic acids is 3. The van der Waals surface area contributed by atoms with Crippen LogP contribution in [0.25, 0.3) is 0 Å². The van der Waals surface area contributed by atoms with E-state index in [0.29, 0.717) is 0 Å². The van der Waals surface area contributed by atoms with Gasteiger partial charge >= 0.3 is 17.9 Å². The maximum absolute atomic E-state index is 14.4. The van der Waals surface area contributed by atoms with E-state index < -0.39 is 35.8 Å². The molecule has 0 N–H and O–H groups in total. The van der Waals surface area contributed by atoms with Crippen molar-refractivity contribution >= 4 is 17.9 Å². The third-order valence-corrected chi connectivity index (χ3v) is 3.50. The number of alkyl halides is 1. The molecule has 1 aromatic rings. The molecule has 110 valence electrons. The van der Waals surface area contributed by atoms with E-state index in [4.69, 9.17) is 14.2 Å². The van der Waals surface area contributed by atoms with Crippen molar-refractivity contribution < 1.29 is 33.0 Å². The van der Waals surface area contributed by atoms with Crippen LogP contribution >= 0.6 is 0 Å². The smallest absolute Gasteiger partial charge is 0.348 e. The number of hydrogen-bond acceptors (Lipinski definition) is 6. The summed E-state index contributed by atoms with van der Waals surface area (Å²) >= 11 is 0. The van der Waals surface area contributed by atoms with Crippen LogP contribution in [-0.2, 0) is 19.0 Å². The van der Waals surface area contributed by atoms with Crippen LogP contribution in [0.15, 0.2) is 24.3 Å². The van der Waals surface area contributed by atoms with Crippen molar-refractivity contribution in [2.45, 2.75) is 24.8 Å². The molecule has 0 amide bonds. The second-order valence-electron chi connectivity index (χ2n) is 5.02. The summed E-state index contributed by atoms with van der Waals surface area (Å²) in [7, 11) is 0. The van der Waals surface area contributed by atoms with Crippen LogP contribution < -0.4 is 0 Å². The van der Waals surface area contributed by atoms with Gasteiger partial charge in [0.25, 0.3) is 0 Å². The molecule has 3 aliphatic heterocycles. The highest BCUT2D eigenvalue weighted by Crippen LogP contribution is 2.33. The number of ether oxygens (including phenoxy) is 3. The minimum absolute atomic E-state index is 0.141. The summed E-state index contributed by atoms with van der Waals surface area (Å²) in [6, 6.07) is 5.54. The zero-order valence-electron chi connectivity index (χ0n) is 11.0. The second-order valence-corrected chi connectivity index (χ2v) is 5.02. The number of halogens is 1. The molecule has 4 rings (SSSR count). The Morgan fingerprint density at radius 3 is 2.24 bits per heavy atom. The topological polar surface area (TPSA) is 78.9 Å². The molecule has 3 aliphatic rings. The Hall–Kier alpha value is -2.44. The molecule has 21 heavy (non-hydrogen) atoms. The molecule has 0 radical (unpaired) electrons. The van der Waals surface area contributed by atoms with E-state index in [1.54, 1.807) is 0 Å². The summed E-state index contributed by atoms with van der Waals surface area (Å²) in [6.45, 7) is 0.583. The number of esters is 3. The van der Waals surface area contributed by atoms with Gasteiger partial charge < -0.3 is 14.2 Å². The lowest BCUT2D eigenvalue weighted by atomic mass is 10.0. The molecule has 0 aromatic heterocycles. The molecule has 6 nitrogen and oxygen atoms in total. The molecular formula is C14H11FO6. The highest BCUT2D eigenvalue weighted by Gasteiger charge is 2.58. The average Bonchev–Trinajstić information content (AvgIpc) is 2.65. The fourth-order valence-corrected chi connectivity index (χ4v) is 2.25. The predicted molar refractivity (Wildman–Crippen MR) is 65.3 cm³/mol. The Bertz CT molecular complexity index is 621. The van der Waals surface area contributed by atoms with Gasteiger partial charge in [-0.3, -0.25) is 0 Å². The third-order valence-electron chi connectivity index (χ3n) is 3.50. The van der Waals surface area contributed by atoms with Crippen molar-refractivity contribution in [3.8, 4) is 0 Å². The largest absolute Gasteiger partial charge is 0.458 e. The number of carbonyl (C=O) groups is 3. The molecule has 7 heteroatoms. The summed E-state index contributed by atoms with van der Waals surface area (Å²) in [6.07, 6.45) is -2.64. The van der Waals surface area contributed by atoms with Crippen LogP contribution in [0.4, 0.5) is 4.39 Å². The maximum atomic E-state index is 14.4. The maximum Gasteiger partial charge on any atom is 0.348 e. The van der Waals surface area contributed by atoms with Crippen LogP contribution in [-0.4, -0.2) is 42.4 Å². The van der Waals surface area contributed by atoms with Gasteiger partial charge in [0.15, 0.2) is 12.2 Å². The summed E-state index contributed by atoms with van der Waals surface area (Å²) in [5.41, 5.74) is -2.11. The van der Waals surface area contributed by atoms with E-state index >= 15 is 0 Å². The number of benzene rings is 1. The molecule has 1 fully saturated rings. The normalized spacial score (nSPS) is 31.8. The summed E-state index contributed by atoms with van der Waals surface area (Å²) in [5.74, 6) is -2.60. The average molecular weight is 294 g/mol. The van der Waals surface area contributed by atoms with Crippen LogP contribution in [0.3, 0.4) is 0 Å². The van der Waals surface area contributed by atoms with E-state index in [1.165, 1.54) is 24.3 Å². The molecule has 0 spiro atoms. The monoisotopic (exact) mass is 294 g/mol. The second kappa shape index (κ2) is 4.54. The molecule has 0 saturated carbocycles. The number of rotatable bonds is 0. The summed E-state index contributed by atoms with van der Waals surface area (Å²) in [4.78, 5) is 35.3. The molecule has 0 unspecified atom stereocenters. The molecule has 2 bridgehead atoms. The summed E-state index contributed by atoms with van der Waals surface area (Å²) < 4.78 is 29.2. The van der Waals surface area contributed by atoms with E-state index in [-0.39, 0.29) is 17.7 Å². The molecule has 3 atom stereocenters. The SMILES string of the molecule is C[C@]1(F)C(=O)O[C@@H]2COC(=O)c3ccc(cc3)C(=O)O[C@H]21. The van der Waals surface area contributed by atoms with Crippen LogP contribution in [0.1, 0.15) is 27.6 Å². The van der Waals surface area contributed by atoms with Crippen molar-refractivity contribution in [2.24, 2.45) is 0 Å². The van der Waals surface area contributed by atoms with Crippen molar-refractivity contribution in [3.63, 3.8) is 0 Å². The first kappa shape index (κ1) is 13.5. The van der Waals surface area contributed by atoms with Crippen LogP contribution in [0.2, 0.25) is 0 Å². The van der Waals surface area contributed by atoms with Crippen LogP contribution in [0, 0.1) is 0 Å². The highest BCUT2D eigenvalue weighted by molar-refractivity contribution is 5.94.